The highest BCUT2D eigenvalue weighted by molar-refractivity contribution is 6.28. The predicted octanol–water partition coefficient (Wildman–Crippen LogP) is 5.04. The minimum atomic E-state index is 0.199. The second kappa shape index (κ2) is 10.7. The second-order valence-corrected chi connectivity index (χ2v) is 7.08. The zero-order chi connectivity index (χ0) is 21.3. The maximum Gasteiger partial charge on any atom is 0.246 e. The van der Waals surface area contributed by atoms with Gasteiger partial charge < -0.3 is 4.74 Å². The number of ether oxygens (including phenoxy) is 1. The maximum atomic E-state index is 6.00. The highest BCUT2D eigenvalue weighted by Crippen LogP contribution is 2.15. The zero-order valence-electron chi connectivity index (χ0n) is 17.5. The van der Waals surface area contributed by atoms with Gasteiger partial charge in [-0.2, -0.15) is 4.52 Å². The van der Waals surface area contributed by atoms with Gasteiger partial charge in [-0.3, -0.25) is 4.90 Å². The maximum absolute atomic E-state index is 6.00. The quantitative estimate of drug-likeness (QED) is 0.356. The zero-order valence-corrected chi connectivity index (χ0v) is 18.3. The van der Waals surface area contributed by atoms with Gasteiger partial charge in [-0.25, -0.2) is 0 Å². The summed E-state index contributed by atoms with van der Waals surface area (Å²) in [7, 11) is 0. The van der Waals surface area contributed by atoms with Gasteiger partial charge in [-0.15, -0.1) is 15.3 Å². The van der Waals surface area contributed by atoms with Crippen molar-refractivity contribution in [3.8, 4) is 5.88 Å². The minimum Gasteiger partial charge on any atom is -0.442 e. The van der Waals surface area contributed by atoms with Gasteiger partial charge in [0.2, 0.25) is 11.2 Å². The van der Waals surface area contributed by atoms with Crippen molar-refractivity contribution in [3.05, 3.63) is 82.9 Å². The topological polar surface area (TPSA) is 55.5 Å². The molecule has 0 amide bonds. The number of nitrogens with zero attached hydrogens (tertiary/aromatic N) is 5. The Morgan fingerprint density at radius 3 is 2.60 bits per heavy atom. The van der Waals surface area contributed by atoms with Crippen LogP contribution in [0.5, 0.6) is 5.88 Å². The number of rotatable bonds is 9. The summed E-state index contributed by atoms with van der Waals surface area (Å²) in [5, 5.41) is 12.3. The number of hydrogen-bond acceptors (Lipinski definition) is 5. The third kappa shape index (κ3) is 6.02. The molecule has 30 heavy (non-hydrogen) atoms. The van der Waals surface area contributed by atoms with Gasteiger partial charge in [0.05, 0.1) is 0 Å². The third-order valence-corrected chi connectivity index (χ3v) is 4.79. The Morgan fingerprint density at radius 1 is 1.10 bits per heavy atom. The van der Waals surface area contributed by atoms with E-state index in [4.69, 9.17) is 16.3 Å². The van der Waals surface area contributed by atoms with Gasteiger partial charge in [0.1, 0.15) is 5.76 Å². The number of halogens is 1. The molecule has 0 aliphatic carbocycles. The summed E-state index contributed by atoms with van der Waals surface area (Å²) in [6.45, 7) is 9.03. The van der Waals surface area contributed by atoms with Gasteiger partial charge in [-0.05, 0) is 54.9 Å². The normalized spacial score (nSPS) is 13.0. The van der Waals surface area contributed by atoms with Gasteiger partial charge in [0, 0.05) is 12.6 Å². The number of benzene rings is 1. The number of aromatic nitrogens is 4. The molecule has 2 aromatic heterocycles. The van der Waals surface area contributed by atoms with Crippen LogP contribution in [0.2, 0.25) is 5.28 Å². The highest BCUT2D eigenvalue weighted by atomic mass is 35.5. The minimum absolute atomic E-state index is 0.199. The monoisotopic (exact) mass is 423 g/mol. The van der Waals surface area contributed by atoms with Crippen LogP contribution >= 0.6 is 11.6 Å². The van der Waals surface area contributed by atoms with Crippen molar-refractivity contribution in [2.75, 3.05) is 19.6 Å². The van der Waals surface area contributed by atoms with E-state index < -0.39 is 0 Å². The molecule has 3 aromatic rings. The Bertz CT molecular complexity index is 1050. The van der Waals surface area contributed by atoms with Crippen LogP contribution in [0.3, 0.4) is 0 Å². The molecule has 6 nitrogen and oxygen atoms in total. The molecule has 0 unspecified atom stereocenters. The summed E-state index contributed by atoms with van der Waals surface area (Å²) >= 11 is 6.00. The standard InChI is InChI=1S/C23H26ClN5O/c1-4-28(5-2)17-20(13-9-12-19-10-7-6-8-11-19)16-18(3)30-22-15-14-21-25-26-23(24)29(21)27-22/h6-16H,4-5,17H2,1-3H3/b12-9+,18-16+,20-13+. The molecule has 2 heterocycles. The Labute approximate surface area is 182 Å². The van der Waals surface area contributed by atoms with Gasteiger partial charge in [-0.1, -0.05) is 62.4 Å². The first-order valence-electron chi connectivity index (χ1n) is 9.97. The van der Waals surface area contributed by atoms with Gasteiger partial charge >= 0.3 is 0 Å². The molecule has 0 radical (unpaired) electrons. The number of likely N-dealkylation sites (N-methyl/N-ethyl adjacent to an activating group) is 1. The lowest BCUT2D eigenvalue weighted by Crippen LogP contribution is -2.25. The molecule has 0 N–H and O–H groups in total. The molecule has 0 spiro atoms. The van der Waals surface area contributed by atoms with Crippen LogP contribution in [0.25, 0.3) is 11.7 Å². The molecule has 3 rings (SSSR count). The van der Waals surface area contributed by atoms with Crippen LogP contribution in [0.4, 0.5) is 0 Å². The fraction of sp³-hybridized carbons (Fsp3) is 0.261. The summed E-state index contributed by atoms with van der Waals surface area (Å²) in [5.41, 5.74) is 2.88. The largest absolute Gasteiger partial charge is 0.442 e. The predicted molar refractivity (Wildman–Crippen MR) is 122 cm³/mol. The van der Waals surface area contributed by atoms with Gasteiger partial charge in [0.15, 0.2) is 5.65 Å². The summed E-state index contributed by atoms with van der Waals surface area (Å²) in [5.74, 6) is 1.16. The van der Waals surface area contributed by atoms with E-state index in [1.165, 1.54) is 4.52 Å². The molecular weight excluding hydrogens is 398 g/mol. The van der Waals surface area contributed by atoms with E-state index in [1.54, 1.807) is 12.1 Å². The Balaban J connectivity index is 1.79. The van der Waals surface area contributed by atoms with Crippen LogP contribution in [-0.4, -0.2) is 44.3 Å². The fourth-order valence-electron chi connectivity index (χ4n) is 2.95. The van der Waals surface area contributed by atoms with Crippen LogP contribution in [0.1, 0.15) is 26.3 Å². The van der Waals surface area contributed by atoms with E-state index in [0.717, 1.165) is 36.5 Å². The van der Waals surface area contributed by atoms with E-state index in [9.17, 15) is 0 Å². The summed E-state index contributed by atoms with van der Waals surface area (Å²) < 4.78 is 7.37. The summed E-state index contributed by atoms with van der Waals surface area (Å²) in [4.78, 5) is 2.35. The Kier molecular flexibility index (Phi) is 7.76. The fourth-order valence-corrected chi connectivity index (χ4v) is 3.12. The molecular formula is C23H26ClN5O. The first-order chi connectivity index (χ1) is 14.6. The lowest BCUT2D eigenvalue weighted by Gasteiger charge is -2.18. The SMILES string of the molecule is CCN(CC)CC(=C/C=C/c1ccccc1)/C=C(\C)Oc1ccc2nnc(Cl)n2n1. The average Bonchev–Trinajstić information content (AvgIpc) is 3.12. The van der Waals surface area contributed by atoms with Gasteiger partial charge in [0.25, 0.3) is 0 Å². The molecule has 0 bridgehead atoms. The molecule has 0 fully saturated rings. The van der Waals surface area contributed by atoms with Crippen molar-refractivity contribution in [2.45, 2.75) is 20.8 Å². The Morgan fingerprint density at radius 2 is 1.87 bits per heavy atom. The lowest BCUT2D eigenvalue weighted by atomic mass is 10.1. The van der Waals surface area contributed by atoms with Crippen molar-refractivity contribution < 1.29 is 4.74 Å². The summed E-state index contributed by atoms with van der Waals surface area (Å²) in [6, 6.07) is 13.8. The van der Waals surface area contributed by atoms with Crippen molar-refractivity contribution in [2.24, 2.45) is 0 Å². The number of hydrogen-bond donors (Lipinski definition) is 0. The van der Waals surface area contributed by atoms with E-state index in [2.05, 4.69) is 64.4 Å². The first kappa shape index (κ1) is 21.7. The van der Waals surface area contributed by atoms with E-state index in [1.807, 2.05) is 31.2 Å². The number of fused-ring (bicyclic) bond motifs is 1. The molecule has 0 saturated heterocycles. The summed E-state index contributed by atoms with van der Waals surface area (Å²) in [6.07, 6.45) is 8.31. The van der Waals surface area contributed by atoms with E-state index in [0.29, 0.717) is 11.5 Å². The van der Waals surface area contributed by atoms with Crippen LogP contribution in [-0.2, 0) is 0 Å². The number of allylic oxidation sites excluding steroid dienone is 3. The molecule has 0 aliphatic rings. The lowest BCUT2D eigenvalue weighted by molar-refractivity contribution is 0.331. The second-order valence-electron chi connectivity index (χ2n) is 6.74. The van der Waals surface area contributed by atoms with Crippen molar-refractivity contribution in [1.82, 2.24) is 24.7 Å². The van der Waals surface area contributed by atoms with Crippen molar-refractivity contribution in [1.29, 1.82) is 0 Å². The van der Waals surface area contributed by atoms with Crippen LogP contribution in [0.15, 0.2) is 72.0 Å². The molecule has 156 valence electrons. The smallest absolute Gasteiger partial charge is 0.246 e. The van der Waals surface area contributed by atoms with Crippen molar-refractivity contribution >= 4 is 23.3 Å². The average molecular weight is 424 g/mol. The third-order valence-electron chi connectivity index (χ3n) is 4.55. The molecule has 0 aliphatic heterocycles. The Hall–Kier alpha value is -2.96. The highest BCUT2D eigenvalue weighted by Gasteiger charge is 2.07. The molecule has 1 aromatic carbocycles. The molecule has 7 heteroatoms. The van der Waals surface area contributed by atoms with E-state index in [-0.39, 0.29) is 5.28 Å². The van der Waals surface area contributed by atoms with Crippen LogP contribution in [0, 0.1) is 0 Å². The first-order valence-corrected chi connectivity index (χ1v) is 10.4. The molecule has 0 saturated carbocycles. The van der Waals surface area contributed by atoms with Crippen LogP contribution < -0.4 is 4.74 Å². The van der Waals surface area contributed by atoms with E-state index >= 15 is 0 Å². The van der Waals surface area contributed by atoms with Crippen molar-refractivity contribution in [3.63, 3.8) is 0 Å². The molecule has 0 atom stereocenters.